The van der Waals surface area contributed by atoms with Gasteiger partial charge in [0.1, 0.15) is 6.04 Å². The first-order chi connectivity index (χ1) is 19.2. The van der Waals surface area contributed by atoms with E-state index in [1.165, 1.54) is 0 Å². The van der Waals surface area contributed by atoms with Crippen molar-refractivity contribution in [2.45, 2.75) is 117 Å². The van der Waals surface area contributed by atoms with Crippen molar-refractivity contribution in [2.24, 2.45) is 33.9 Å². The highest BCUT2D eigenvalue weighted by molar-refractivity contribution is 6.48. The molecule has 3 aliphatic carbocycles. The summed E-state index contributed by atoms with van der Waals surface area (Å²) in [4.78, 5) is 41.1. The number of nitrogens with two attached hydrogens (primary N) is 1. The third-order valence-electron chi connectivity index (χ3n) is 9.21. The molecular weight excluding hydrogens is 527 g/mol. The molecule has 0 aromatic carbocycles. The Labute approximate surface area is 244 Å². The third-order valence-corrected chi connectivity index (χ3v) is 9.21. The highest BCUT2D eigenvalue weighted by atomic mass is 16.7. The Balaban J connectivity index is 1.72. The van der Waals surface area contributed by atoms with Crippen LogP contribution in [0.2, 0.25) is 0 Å². The van der Waals surface area contributed by atoms with Gasteiger partial charge in [0, 0.05) is 12.1 Å². The van der Waals surface area contributed by atoms with Crippen LogP contribution in [0.15, 0.2) is 16.6 Å². The van der Waals surface area contributed by atoms with E-state index >= 15 is 0 Å². The Morgan fingerprint density at radius 1 is 1.24 bits per heavy atom. The molecule has 41 heavy (non-hydrogen) atoms. The molecule has 6 atom stereocenters. The minimum atomic E-state index is -0.840. The second-order valence-electron chi connectivity index (χ2n) is 13.1. The Hall–Kier alpha value is -2.67. The van der Waals surface area contributed by atoms with Crippen LogP contribution >= 0.6 is 0 Å². The molecule has 1 heterocycles. The number of unbranched alkanes of at least 4 members (excludes halogenated alkanes) is 1. The number of nitro groups is 1. The van der Waals surface area contributed by atoms with E-state index in [0.29, 0.717) is 30.3 Å². The zero-order valence-corrected chi connectivity index (χ0v) is 25.7. The fourth-order valence-electron chi connectivity index (χ4n) is 6.72. The maximum Gasteiger partial charge on any atom is 0.481 e. The summed E-state index contributed by atoms with van der Waals surface area (Å²) in [6.07, 6.45) is 6.91. The number of aliphatic imine (C=N–C) groups is 1. The average molecular weight is 577 g/mol. The van der Waals surface area contributed by atoms with Crippen molar-refractivity contribution in [1.82, 2.24) is 16.1 Å². The molecule has 4 rings (SSSR count). The van der Waals surface area contributed by atoms with Crippen molar-refractivity contribution in [3.05, 3.63) is 21.8 Å². The maximum absolute atomic E-state index is 13.7. The molecule has 13 heteroatoms. The van der Waals surface area contributed by atoms with Crippen LogP contribution in [0.25, 0.3) is 0 Å². The second kappa shape index (κ2) is 13.5. The molecule has 2 amide bonds. The summed E-state index contributed by atoms with van der Waals surface area (Å²) < 4.78 is 13.2. The van der Waals surface area contributed by atoms with E-state index in [4.69, 9.17) is 15.0 Å². The van der Waals surface area contributed by atoms with Crippen molar-refractivity contribution in [2.75, 3.05) is 6.54 Å². The zero-order valence-electron chi connectivity index (χ0n) is 25.7. The third kappa shape index (κ3) is 7.79. The van der Waals surface area contributed by atoms with Gasteiger partial charge in [0.05, 0.1) is 17.6 Å². The molecule has 230 valence electrons. The van der Waals surface area contributed by atoms with Crippen LogP contribution in [-0.2, 0) is 18.9 Å². The number of hydrogen-bond acceptors (Lipinski definition) is 7. The van der Waals surface area contributed by atoms with Gasteiger partial charge < -0.3 is 25.7 Å². The molecule has 0 aromatic heterocycles. The Bertz CT molecular complexity index is 1040. The van der Waals surface area contributed by atoms with Crippen molar-refractivity contribution in [1.29, 1.82) is 0 Å². The van der Waals surface area contributed by atoms with E-state index in [1.807, 2.05) is 13.0 Å². The fraction of sp³-hybridized carbons (Fsp3) is 0.821. The lowest BCUT2D eigenvalue weighted by atomic mass is 9.43. The number of hydrazine groups is 1. The Morgan fingerprint density at radius 2 is 1.95 bits per heavy atom. The van der Waals surface area contributed by atoms with Crippen LogP contribution in [-0.4, -0.2) is 60.2 Å². The van der Waals surface area contributed by atoms with Gasteiger partial charge in [0.2, 0.25) is 11.8 Å². The number of nitrogens with zero attached hydrogens (tertiary/aromatic N) is 2. The molecule has 2 bridgehead atoms. The van der Waals surface area contributed by atoms with Gasteiger partial charge in [-0.1, -0.05) is 52.5 Å². The number of nitrogens with one attached hydrogen (secondary N) is 3. The minimum Gasteiger partial charge on any atom is -0.404 e. The summed E-state index contributed by atoms with van der Waals surface area (Å²) in [5, 5.41) is 15.8. The van der Waals surface area contributed by atoms with Crippen LogP contribution < -0.4 is 21.8 Å². The summed E-state index contributed by atoms with van der Waals surface area (Å²) in [5.41, 5.74) is 7.66. The largest absolute Gasteiger partial charge is 0.481 e. The standard InChI is InChI=1S/C28H49BN6O6/c1-8-9-11-18(4)24(36)32-20(12-10-13-31-26(30)34-35(38)39)25(37)33-23(14-17(2)3)29-40-22-16-19-15-21(27(19,5)6)28(22,7)41-29/h11,17,19-23H,8-10,12-16H2,1-7H3,(H,32,36)(H,33,37)(H3,30,31,34)/b18-11+/t19-,20-,21-,22+,23-,28-/m0/s1. The first-order valence-electron chi connectivity index (χ1n) is 15.0. The lowest BCUT2D eigenvalue weighted by Gasteiger charge is -2.64. The van der Waals surface area contributed by atoms with E-state index in [2.05, 4.69) is 50.2 Å². The van der Waals surface area contributed by atoms with Gasteiger partial charge in [0.25, 0.3) is 5.96 Å². The number of guanidine groups is 1. The predicted octanol–water partition coefficient (Wildman–Crippen LogP) is 2.89. The van der Waals surface area contributed by atoms with Crippen LogP contribution in [0, 0.1) is 33.3 Å². The predicted molar refractivity (Wildman–Crippen MR) is 158 cm³/mol. The number of rotatable bonds is 14. The summed E-state index contributed by atoms with van der Waals surface area (Å²) in [7, 11) is -0.577. The number of carbonyl (C=O) groups is 2. The van der Waals surface area contributed by atoms with Gasteiger partial charge in [-0.25, -0.2) is 15.1 Å². The number of carbonyl (C=O) groups excluding carboxylic acids is 2. The Morgan fingerprint density at radius 3 is 2.56 bits per heavy atom. The molecule has 0 spiro atoms. The fourth-order valence-corrected chi connectivity index (χ4v) is 6.72. The van der Waals surface area contributed by atoms with E-state index in [0.717, 1.165) is 25.7 Å². The molecule has 0 aromatic rings. The SMILES string of the molecule is CCC/C=C(\C)C(=O)N[C@@H](CCCN=C(N)N[N+](=O)[O-])C(=O)N[C@@H](CC(C)C)B1O[C@@H]2C[C@@H]3C[C@@H](C3(C)C)[C@]2(C)O1. The lowest BCUT2D eigenvalue weighted by molar-refractivity contribution is -0.525. The van der Waals surface area contributed by atoms with E-state index < -0.39 is 23.8 Å². The van der Waals surface area contributed by atoms with Gasteiger partial charge in [0.15, 0.2) is 5.03 Å². The number of amides is 2. The van der Waals surface area contributed by atoms with Crippen LogP contribution in [0.5, 0.6) is 0 Å². The molecule has 4 aliphatic rings. The molecule has 5 N–H and O–H groups in total. The van der Waals surface area contributed by atoms with Gasteiger partial charge in [-0.3, -0.25) is 9.59 Å². The minimum absolute atomic E-state index is 0.00575. The van der Waals surface area contributed by atoms with Crippen LogP contribution in [0.3, 0.4) is 0 Å². The highest BCUT2D eigenvalue weighted by Gasteiger charge is 2.68. The second-order valence-corrected chi connectivity index (χ2v) is 13.1. The van der Waals surface area contributed by atoms with Gasteiger partial charge in [-0.15, -0.1) is 0 Å². The molecule has 4 fully saturated rings. The van der Waals surface area contributed by atoms with Crippen LogP contribution in [0.4, 0.5) is 0 Å². The Kier molecular flexibility index (Phi) is 10.8. The lowest BCUT2D eigenvalue weighted by Crippen LogP contribution is -2.65. The summed E-state index contributed by atoms with van der Waals surface area (Å²) in [5.74, 6) is -0.0581. The quantitative estimate of drug-likeness (QED) is 0.0465. The van der Waals surface area contributed by atoms with Crippen molar-refractivity contribution in [3.63, 3.8) is 0 Å². The topological polar surface area (TPSA) is 170 Å². The molecule has 0 radical (unpaired) electrons. The molecule has 12 nitrogen and oxygen atoms in total. The smallest absolute Gasteiger partial charge is 0.404 e. The summed E-state index contributed by atoms with van der Waals surface area (Å²) in [6, 6.07) is -0.840. The monoisotopic (exact) mass is 576 g/mol. The van der Waals surface area contributed by atoms with Crippen molar-refractivity contribution < 1.29 is 23.9 Å². The van der Waals surface area contributed by atoms with Crippen LogP contribution in [0.1, 0.15) is 93.4 Å². The average Bonchev–Trinajstić information content (AvgIpc) is 3.24. The van der Waals surface area contributed by atoms with E-state index in [1.54, 1.807) is 12.3 Å². The number of allylic oxidation sites excluding steroid dienone is 1. The first-order valence-corrected chi connectivity index (χ1v) is 15.0. The number of hydrogen-bond donors (Lipinski definition) is 4. The zero-order chi connectivity index (χ0) is 30.5. The van der Waals surface area contributed by atoms with E-state index in [9.17, 15) is 19.7 Å². The molecular formula is C28H49BN6O6. The normalized spacial score (nSPS) is 28.4. The van der Waals surface area contributed by atoms with Gasteiger partial charge in [-0.05, 0) is 75.5 Å². The van der Waals surface area contributed by atoms with Gasteiger partial charge >= 0.3 is 7.12 Å². The molecule has 1 aliphatic heterocycles. The summed E-state index contributed by atoms with van der Waals surface area (Å²) in [6.45, 7) is 14.9. The summed E-state index contributed by atoms with van der Waals surface area (Å²) >= 11 is 0. The highest BCUT2D eigenvalue weighted by Crippen LogP contribution is 2.65. The van der Waals surface area contributed by atoms with Gasteiger partial charge in [-0.2, -0.15) is 0 Å². The molecule has 0 unspecified atom stereocenters. The maximum atomic E-state index is 13.7. The molecule has 1 saturated heterocycles. The van der Waals surface area contributed by atoms with E-state index in [-0.39, 0.29) is 54.1 Å². The van der Waals surface area contributed by atoms with Crippen molar-refractivity contribution in [3.8, 4) is 0 Å². The molecule has 3 saturated carbocycles. The first kappa shape index (κ1) is 32.8. The van der Waals surface area contributed by atoms with Crippen molar-refractivity contribution >= 4 is 24.9 Å².